The summed E-state index contributed by atoms with van der Waals surface area (Å²) in [5.41, 5.74) is -2.41. The molecule has 0 saturated carbocycles. The Bertz CT molecular complexity index is 520. The third-order valence-electron chi connectivity index (χ3n) is 2.08. The number of halogens is 3. The molecule has 7 heteroatoms. The minimum Gasteiger partial charge on any atom is -0.462 e. The number of hydrogen-bond acceptors (Lipinski definition) is 4. The highest BCUT2D eigenvalue weighted by Gasteiger charge is 2.36. The molecule has 0 amide bonds. The quantitative estimate of drug-likeness (QED) is 0.666. The lowest BCUT2D eigenvalue weighted by Gasteiger charge is -2.13. The van der Waals surface area contributed by atoms with Crippen molar-refractivity contribution in [3.63, 3.8) is 0 Å². The number of carbonyl (C=O) groups excluding carboxylic acids is 1. The Labute approximate surface area is 107 Å². The van der Waals surface area contributed by atoms with Crippen molar-refractivity contribution >= 4 is 18.6 Å². The van der Waals surface area contributed by atoms with Crippen molar-refractivity contribution in [2.24, 2.45) is 0 Å². The number of rotatable bonds is 2. The van der Waals surface area contributed by atoms with Crippen molar-refractivity contribution in [2.75, 3.05) is 6.61 Å². The monoisotopic (exact) mass is 275 g/mol. The Morgan fingerprint density at radius 1 is 1.50 bits per heavy atom. The first-order chi connectivity index (χ1) is 8.32. The van der Waals surface area contributed by atoms with Gasteiger partial charge in [0.15, 0.2) is 0 Å². The predicted molar refractivity (Wildman–Crippen MR) is 59.4 cm³/mol. The molecule has 0 atom stereocenters. The van der Waals surface area contributed by atoms with Crippen molar-refractivity contribution in [3.8, 4) is 6.07 Å². The predicted octanol–water partition coefficient (Wildman–Crippen LogP) is 3.04. The van der Waals surface area contributed by atoms with Gasteiger partial charge in [-0.05, 0) is 19.1 Å². The molecule has 0 aliphatic rings. The number of nitrogens with zero attached hydrogens (tertiary/aromatic N) is 1. The molecule has 0 radical (unpaired) electrons. The summed E-state index contributed by atoms with van der Waals surface area (Å²) in [6.07, 6.45) is -4.71. The Hall–Kier alpha value is -1.68. The molecular weight excluding hydrogens is 267 g/mol. The van der Waals surface area contributed by atoms with E-state index in [-0.39, 0.29) is 11.5 Å². The van der Waals surface area contributed by atoms with Gasteiger partial charge >= 0.3 is 12.1 Å². The van der Waals surface area contributed by atoms with Crippen LogP contribution in [-0.2, 0) is 10.9 Å². The van der Waals surface area contributed by atoms with Gasteiger partial charge in [0.05, 0.1) is 23.3 Å². The molecule has 0 heterocycles. The third-order valence-corrected chi connectivity index (χ3v) is 2.45. The molecule has 3 nitrogen and oxygen atoms in total. The second-order valence-electron chi connectivity index (χ2n) is 3.21. The molecule has 0 fully saturated rings. The maximum atomic E-state index is 12.7. The molecule has 1 aromatic carbocycles. The van der Waals surface area contributed by atoms with Crippen LogP contribution < -0.4 is 0 Å². The van der Waals surface area contributed by atoms with Crippen molar-refractivity contribution in [2.45, 2.75) is 18.0 Å². The van der Waals surface area contributed by atoms with E-state index >= 15 is 0 Å². The van der Waals surface area contributed by atoms with Gasteiger partial charge < -0.3 is 4.74 Å². The van der Waals surface area contributed by atoms with E-state index in [4.69, 9.17) is 5.26 Å². The maximum Gasteiger partial charge on any atom is 0.417 e. The fraction of sp³-hybridized carbons (Fsp3) is 0.273. The summed E-state index contributed by atoms with van der Waals surface area (Å²) in [5, 5.41) is 8.81. The number of esters is 1. The van der Waals surface area contributed by atoms with E-state index in [9.17, 15) is 18.0 Å². The molecule has 18 heavy (non-hydrogen) atoms. The normalized spacial score (nSPS) is 10.9. The lowest BCUT2D eigenvalue weighted by molar-refractivity contribution is -0.137. The fourth-order valence-corrected chi connectivity index (χ4v) is 1.63. The summed E-state index contributed by atoms with van der Waals surface area (Å²) in [4.78, 5) is 11.5. The number of alkyl halides is 3. The Kier molecular flexibility index (Phi) is 4.24. The van der Waals surface area contributed by atoms with Gasteiger partial charge in [-0.3, -0.25) is 0 Å². The van der Waals surface area contributed by atoms with E-state index in [1.165, 1.54) is 13.0 Å². The van der Waals surface area contributed by atoms with E-state index in [1.807, 2.05) is 0 Å². The Morgan fingerprint density at radius 3 is 2.56 bits per heavy atom. The highest BCUT2D eigenvalue weighted by molar-refractivity contribution is 7.80. The van der Waals surface area contributed by atoms with Crippen LogP contribution in [0.15, 0.2) is 17.0 Å². The first kappa shape index (κ1) is 14.4. The smallest absolute Gasteiger partial charge is 0.417 e. The van der Waals surface area contributed by atoms with Crippen molar-refractivity contribution < 1.29 is 22.7 Å². The minimum absolute atomic E-state index is 0.00678. The van der Waals surface area contributed by atoms with Crippen LogP contribution >= 0.6 is 12.6 Å². The number of nitriles is 1. The Balaban J connectivity index is 3.51. The molecule has 0 aliphatic heterocycles. The molecule has 0 aliphatic carbocycles. The van der Waals surface area contributed by atoms with Gasteiger partial charge in [0, 0.05) is 4.90 Å². The van der Waals surface area contributed by atoms with Gasteiger partial charge in [0.1, 0.15) is 6.07 Å². The number of benzene rings is 1. The summed E-state index contributed by atoms with van der Waals surface area (Å²) in [6.45, 7) is 1.50. The topological polar surface area (TPSA) is 50.1 Å². The van der Waals surface area contributed by atoms with Gasteiger partial charge in [-0.1, -0.05) is 0 Å². The molecule has 0 N–H and O–H groups in total. The number of carbonyl (C=O) groups is 1. The first-order valence-electron chi connectivity index (χ1n) is 4.83. The van der Waals surface area contributed by atoms with Crippen LogP contribution in [0.3, 0.4) is 0 Å². The molecule has 96 valence electrons. The molecule has 0 saturated heterocycles. The van der Waals surface area contributed by atoms with Crippen molar-refractivity contribution in [3.05, 3.63) is 28.8 Å². The second-order valence-corrected chi connectivity index (χ2v) is 3.69. The van der Waals surface area contributed by atoms with Crippen LogP contribution in [0.25, 0.3) is 0 Å². The summed E-state index contributed by atoms with van der Waals surface area (Å²) >= 11 is 3.88. The highest BCUT2D eigenvalue weighted by atomic mass is 32.1. The second kappa shape index (κ2) is 5.31. The zero-order chi connectivity index (χ0) is 13.9. The van der Waals surface area contributed by atoms with Gasteiger partial charge in [-0.2, -0.15) is 18.4 Å². The van der Waals surface area contributed by atoms with Crippen LogP contribution in [-0.4, -0.2) is 12.6 Å². The molecule has 0 unspecified atom stereocenters. The lowest BCUT2D eigenvalue weighted by Crippen LogP contribution is -2.14. The maximum absolute atomic E-state index is 12.7. The van der Waals surface area contributed by atoms with Crippen molar-refractivity contribution in [1.82, 2.24) is 0 Å². The Morgan fingerprint density at radius 2 is 2.11 bits per heavy atom. The molecule has 0 bridgehead atoms. The van der Waals surface area contributed by atoms with Crippen LogP contribution in [0, 0.1) is 11.3 Å². The van der Waals surface area contributed by atoms with Crippen LogP contribution in [0.2, 0.25) is 0 Å². The van der Waals surface area contributed by atoms with E-state index < -0.39 is 28.8 Å². The SMILES string of the molecule is CCOC(=O)c1c(S)ccc(C(F)(F)F)c1C#N. The average Bonchev–Trinajstić information content (AvgIpc) is 2.26. The van der Waals surface area contributed by atoms with Gasteiger partial charge in [-0.15, -0.1) is 12.6 Å². The minimum atomic E-state index is -4.71. The van der Waals surface area contributed by atoms with Gasteiger partial charge in [0.2, 0.25) is 0 Å². The number of thiol groups is 1. The average molecular weight is 275 g/mol. The third kappa shape index (κ3) is 2.76. The number of ether oxygens (including phenoxy) is 1. The molecular formula is C11H8F3NO2S. The van der Waals surface area contributed by atoms with E-state index in [0.717, 1.165) is 6.07 Å². The van der Waals surface area contributed by atoms with Crippen LogP contribution in [0.1, 0.15) is 28.4 Å². The molecule has 1 rings (SSSR count). The number of hydrogen-bond donors (Lipinski definition) is 1. The van der Waals surface area contributed by atoms with Crippen LogP contribution in [0.5, 0.6) is 0 Å². The highest BCUT2D eigenvalue weighted by Crippen LogP contribution is 2.35. The van der Waals surface area contributed by atoms with E-state index in [0.29, 0.717) is 6.07 Å². The van der Waals surface area contributed by atoms with E-state index in [1.54, 1.807) is 0 Å². The fourth-order valence-electron chi connectivity index (χ4n) is 1.35. The molecule has 1 aromatic rings. The summed E-state index contributed by atoms with van der Waals surface area (Å²) < 4.78 is 42.6. The summed E-state index contributed by atoms with van der Waals surface area (Å²) in [7, 11) is 0. The van der Waals surface area contributed by atoms with Gasteiger partial charge in [0.25, 0.3) is 0 Å². The largest absolute Gasteiger partial charge is 0.462 e. The molecule has 0 spiro atoms. The van der Waals surface area contributed by atoms with Gasteiger partial charge in [-0.25, -0.2) is 4.79 Å². The summed E-state index contributed by atoms with van der Waals surface area (Å²) in [6, 6.07) is 3.11. The standard InChI is InChI=1S/C11H8F3NO2S/c1-2-17-10(16)9-6(5-15)7(11(12,13)14)3-4-8(9)18/h3-4,18H,2H2,1H3. The summed E-state index contributed by atoms with van der Waals surface area (Å²) in [5.74, 6) is -0.995. The lowest BCUT2D eigenvalue weighted by atomic mass is 10.0. The first-order valence-corrected chi connectivity index (χ1v) is 5.28. The zero-order valence-electron chi connectivity index (χ0n) is 9.21. The van der Waals surface area contributed by atoms with Crippen LogP contribution in [0.4, 0.5) is 13.2 Å². The zero-order valence-corrected chi connectivity index (χ0v) is 10.1. The van der Waals surface area contributed by atoms with Crippen molar-refractivity contribution in [1.29, 1.82) is 5.26 Å². The molecule has 0 aromatic heterocycles. The van der Waals surface area contributed by atoms with E-state index in [2.05, 4.69) is 17.4 Å².